The Bertz CT molecular complexity index is 594. The molecule has 0 saturated heterocycles. The molecule has 0 bridgehead atoms. The van der Waals surface area contributed by atoms with Gasteiger partial charge >= 0.3 is 0 Å². The van der Waals surface area contributed by atoms with Gasteiger partial charge in [-0.05, 0) is 29.3 Å². The summed E-state index contributed by atoms with van der Waals surface area (Å²) in [5, 5.41) is 3.47. The molecule has 0 fully saturated rings. The molecular formula is C18H23NO2. The summed E-state index contributed by atoms with van der Waals surface area (Å²) < 4.78 is 10.8. The first-order valence-electron chi connectivity index (χ1n) is 7.19. The molecule has 3 heteroatoms. The molecule has 0 atom stereocenters. The van der Waals surface area contributed by atoms with Crippen molar-refractivity contribution in [1.29, 1.82) is 0 Å². The number of hydrogen-bond acceptors (Lipinski definition) is 3. The maximum absolute atomic E-state index is 5.50. The van der Waals surface area contributed by atoms with Crippen molar-refractivity contribution in [3.8, 4) is 22.6 Å². The van der Waals surface area contributed by atoms with E-state index in [2.05, 4.69) is 37.4 Å². The summed E-state index contributed by atoms with van der Waals surface area (Å²) in [7, 11) is 3.37. The molecule has 0 aromatic heterocycles. The van der Waals surface area contributed by atoms with Gasteiger partial charge in [0.05, 0.1) is 14.2 Å². The number of hydrogen-bond donors (Lipinski definition) is 1. The molecule has 0 spiro atoms. The van der Waals surface area contributed by atoms with E-state index in [-0.39, 0.29) is 0 Å². The Kier molecular flexibility index (Phi) is 5.23. The van der Waals surface area contributed by atoms with Crippen molar-refractivity contribution in [3.05, 3.63) is 48.0 Å². The fourth-order valence-electron chi connectivity index (χ4n) is 2.28. The average Bonchev–Trinajstić information content (AvgIpc) is 2.52. The van der Waals surface area contributed by atoms with Gasteiger partial charge in [-0.2, -0.15) is 0 Å². The first-order valence-corrected chi connectivity index (χ1v) is 7.19. The van der Waals surface area contributed by atoms with Crippen molar-refractivity contribution in [1.82, 2.24) is 5.32 Å². The molecule has 0 radical (unpaired) electrons. The summed E-state index contributed by atoms with van der Waals surface area (Å²) in [6, 6.07) is 14.7. The van der Waals surface area contributed by atoms with Crippen LogP contribution in [0.1, 0.15) is 19.4 Å². The zero-order valence-corrected chi connectivity index (χ0v) is 13.1. The van der Waals surface area contributed by atoms with Gasteiger partial charge in [-0.15, -0.1) is 0 Å². The highest BCUT2D eigenvalue weighted by Crippen LogP contribution is 2.35. The minimum absolute atomic E-state index is 0.449. The first-order chi connectivity index (χ1) is 10.2. The van der Waals surface area contributed by atoms with Crippen LogP contribution in [0.4, 0.5) is 0 Å². The Balaban J connectivity index is 2.45. The molecule has 0 amide bonds. The third kappa shape index (κ3) is 3.76. The molecule has 2 aromatic carbocycles. The topological polar surface area (TPSA) is 30.5 Å². The summed E-state index contributed by atoms with van der Waals surface area (Å²) in [5.74, 6) is 1.69. The summed E-state index contributed by atoms with van der Waals surface area (Å²) in [6.45, 7) is 5.12. The third-order valence-corrected chi connectivity index (χ3v) is 3.41. The van der Waals surface area contributed by atoms with Crippen molar-refractivity contribution >= 4 is 0 Å². The van der Waals surface area contributed by atoms with Gasteiger partial charge in [-0.3, -0.25) is 0 Å². The number of rotatable bonds is 6. The van der Waals surface area contributed by atoms with Crippen molar-refractivity contribution < 1.29 is 9.47 Å². The maximum atomic E-state index is 5.50. The molecule has 2 rings (SSSR count). The lowest BCUT2D eigenvalue weighted by Gasteiger charge is -2.16. The normalized spacial score (nSPS) is 10.7. The van der Waals surface area contributed by atoms with E-state index in [0.717, 1.165) is 23.6 Å². The predicted molar refractivity (Wildman–Crippen MR) is 87.0 cm³/mol. The molecule has 0 unspecified atom stereocenters. The summed E-state index contributed by atoms with van der Waals surface area (Å²) in [5.41, 5.74) is 3.47. The van der Waals surface area contributed by atoms with Crippen LogP contribution in [0.15, 0.2) is 42.5 Å². The number of nitrogens with one attached hydrogen (secondary N) is 1. The van der Waals surface area contributed by atoms with Crippen LogP contribution in [0.25, 0.3) is 11.1 Å². The highest BCUT2D eigenvalue weighted by molar-refractivity contribution is 5.74. The minimum Gasteiger partial charge on any atom is -0.497 e. The van der Waals surface area contributed by atoms with Crippen LogP contribution in [0, 0.1) is 0 Å². The Hall–Kier alpha value is -2.00. The van der Waals surface area contributed by atoms with Crippen molar-refractivity contribution in [2.75, 3.05) is 14.2 Å². The SMILES string of the molecule is COc1ccc(OC)c(-c2ccccc2CNC(C)C)c1. The van der Waals surface area contributed by atoms with Gasteiger partial charge in [0, 0.05) is 18.2 Å². The zero-order valence-electron chi connectivity index (χ0n) is 13.1. The van der Waals surface area contributed by atoms with E-state index in [1.807, 2.05) is 24.3 Å². The molecule has 0 heterocycles. The lowest BCUT2D eigenvalue weighted by molar-refractivity contribution is 0.404. The molecule has 3 nitrogen and oxygen atoms in total. The Labute approximate surface area is 126 Å². The van der Waals surface area contributed by atoms with E-state index < -0.39 is 0 Å². The zero-order chi connectivity index (χ0) is 15.2. The second kappa shape index (κ2) is 7.14. The van der Waals surface area contributed by atoms with Gasteiger partial charge in [0.25, 0.3) is 0 Å². The smallest absolute Gasteiger partial charge is 0.126 e. The van der Waals surface area contributed by atoms with Crippen molar-refractivity contribution in [2.45, 2.75) is 26.4 Å². The van der Waals surface area contributed by atoms with Crippen LogP contribution in [0.2, 0.25) is 0 Å². The second-order valence-corrected chi connectivity index (χ2v) is 5.26. The lowest BCUT2D eigenvalue weighted by atomic mass is 9.98. The number of benzene rings is 2. The molecule has 0 aliphatic carbocycles. The standard InChI is InChI=1S/C18H23NO2/c1-13(2)19-12-14-7-5-6-8-16(14)17-11-15(20-3)9-10-18(17)21-4/h5-11,13,19H,12H2,1-4H3. The summed E-state index contributed by atoms with van der Waals surface area (Å²) >= 11 is 0. The fourth-order valence-corrected chi connectivity index (χ4v) is 2.28. The van der Waals surface area contributed by atoms with Crippen LogP contribution in [0.5, 0.6) is 11.5 Å². The van der Waals surface area contributed by atoms with Crippen LogP contribution in [-0.4, -0.2) is 20.3 Å². The van der Waals surface area contributed by atoms with Gasteiger partial charge in [0.15, 0.2) is 0 Å². The molecule has 1 N–H and O–H groups in total. The Morgan fingerprint density at radius 3 is 2.38 bits per heavy atom. The maximum Gasteiger partial charge on any atom is 0.126 e. The first kappa shape index (κ1) is 15.4. The molecular weight excluding hydrogens is 262 g/mol. The van der Waals surface area contributed by atoms with Crippen LogP contribution in [-0.2, 0) is 6.54 Å². The van der Waals surface area contributed by atoms with Gasteiger partial charge in [0.2, 0.25) is 0 Å². The minimum atomic E-state index is 0.449. The van der Waals surface area contributed by atoms with Crippen LogP contribution in [0.3, 0.4) is 0 Å². The average molecular weight is 285 g/mol. The fraction of sp³-hybridized carbons (Fsp3) is 0.333. The van der Waals surface area contributed by atoms with Crippen LogP contribution < -0.4 is 14.8 Å². The van der Waals surface area contributed by atoms with Gasteiger partial charge in [0.1, 0.15) is 11.5 Å². The molecule has 2 aromatic rings. The molecule has 21 heavy (non-hydrogen) atoms. The highest BCUT2D eigenvalue weighted by Gasteiger charge is 2.11. The Morgan fingerprint density at radius 1 is 0.952 bits per heavy atom. The number of methoxy groups -OCH3 is 2. The summed E-state index contributed by atoms with van der Waals surface area (Å²) in [6.07, 6.45) is 0. The molecule has 112 valence electrons. The van der Waals surface area contributed by atoms with E-state index in [1.54, 1.807) is 14.2 Å². The van der Waals surface area contributed by atoms with Gasteiger partial charge in [-0.1, -0.05) is 38.1 Å². The van der Waals surface area contributed by atoms with E-state index in [0.29, 0.717) is 6.04 Å². The predicted octanol–water partition coefficient (Wildman–Crippen LogP) is 3.87. The van der Waals surface area contributed by atoms with Crippen LogP contribution >= 0.6 is 0 Å². The number of ether oxygens (including phenoxy) is 2. The van der Waals surface area contributed by atoms with E-state index in [1.165, 1.54) is 11.1 Å². The third-order valence-electron chi connectivity index (χ3n) is 3.41. The largest absolute Gasteiger partial charge is 0.497 e. The lowest BCUT2D eigenvalue weighted by Crippen LogP contribution is -2.22. The summed E-state index contributed by atoms with van der Waals surface area (Å²) in [4.78, 5) is 0. The van der Waals surface area contributed by atoms with Gasteiger partial charge < -0.3 is 14.8 Å². The van der Waals surface area contributed by atoms with Gasteiger partial charge in [-0.25, -0.2) is 0 Å². The van der Waals surface area contributed by atoms with E-state index in [9.17, 15) is 0 Å². The van der Waals surface area contributed by atoms with E-state index >= 15 is 0 Å². The molecule has 0 saturated carbocycles. The quantitative estimate of drug-likeness (QED) is 0.874. The van der Waals surface area contributed by atoms with Crippen molar-refractivity contribution in [3.63, 3.8) is 0 Å². The second-order valence-electron chi connectivity index (χ2n) is 5.26. The van der Waals surface area contributed by atoms with Crippen molar-refractivity contribution in [2.24, 2.45) is 0 Å². The molecule has 0 aliphatic rings. The van der Waals surface area contributed by atoms with E-state index in [4.69, 9.17) is 9.47 Å². The Morgan fingerprint density at radius 2 is 1.71 bits per heavy atom. The monoisotopic (exact) mass is 285 g/mol. The molecule has 0 aliphatic heterocycles. The highest BCUT2D eigenvalue weighted by atomic mass is 16.5.